The predicted octanol–water partition coefficient (Wildman–Crippen LogP) is 1.55. The first-order valence-corrected chi connectivity index (χ1v) is 8.61. The predicted molar refractivity (Wildman–Crippen MR) is 74.5 cm³/mol. The standard InChI is InChI=1S/C12H16ClN3O3S/c1-8-5-3-4-6-16(8)11(17)10-9(13)7-14-12(15-10)20(2,18)19/h7-8H,3-6H2,1-2H3. The van der Waals surface area contributed by atoms with E-state index >= 15 is 0 Å². The van der Waals surface area contributed by atoms with Crippen molar-refractivity contribution in [3.05, 3.63) is 16.9 Å². The van der Waals surface area contributed by atoms with Crippen LogP contribution >= 0.6 is 11.6 Å². The molecule has 8 heteroatoms. The maximum Gasteiger partial charge on any atom is 0.274 e. The highest BCUT2D eigenvalue weighted by Gasteiger charge is 2.28. The summed E-state index contributed by atoms with van der Waals surface area (Å²) in [4.78, 5) is 21.6. The Morgan fingerprint density at radius 1 is 1.45 bits per heavy atom. The average Bonchev–Trinajstić information content (AvgIpc) is 2.37. The van der Waals surface area contributed by atoms with Crippen LogP contribution in [0.25, 0.3) is 0 Å². The Labute approximate surface area is 123 Å². The van der Waals surface area contributed by atoms with Crippen molar-refractivity contribution in [1.29, 1.82) is 0 Å². The molecular weight excluding hydrogens is 302 g/mol. The molecule has 0 aromatic carbocycles. The van der Waals surface area contributed by atoms with Crippen LogP contribution in [0.3, 0.4) is 0 Å². The van der Waals surface area contributed by atoms with E-state index in [2.05, 4.69) is 9.97 Å². The lowest BCUT2D eigenvalue weighted by Gasteiger charge is -2.33. The van der Waals surface area contributed by atoms with E-state index in [-0.39, 0.29) is 27.8 Å². The van der Waals surface area contributed by atoms with Gasteiger partial charge < -0.3 is 4.90 Å². The summed E-state index contributed by atoms with van der Waals surface area (Å²) in [6, 6.07) is 0.101. The van der Waals surface area contributed by atoms with E-state index in [9.17, 15) is 13.2 Å². The maximum absolute atomic E-state index is 12.5. The van der Waals surface area contributed by atoms with Gasteiger partial charge >= 0.3 is 0 Å². The molecule has 2 rings (SSSR count). The van der Waals surface area contributed by atoms with Crippen LogP contribution in [0.4, 0.5) is 0 Å². The van der Waals surface area contributed by atoms with Gasteiger partial charge in [0.2, 0.25) is 15.0 Å². The number of likely N-dealkylation sites (tertiary alicyclic amines) is 1. The highest BCUT2D eigenvalue weighted by Crippen LogP contribution is 2.22. The van der Waals surface area contributed by atoms with Gasteiger partial charge in [-0.25, -0.2) is 18.4 Å². The molecule has 20 heavy (non-hydrogen) atoms. The number of hydrogen-bond donors (Lipinski definition) is 0. The van der Waals surface area contributed by atoms with Crippen LogP contribution in [0.2, 0.25) is 5.02 Å². The molecule has 1 saturated heterocycles. The monoisotopic (exact) mass is 317 g/mol. The first kappa shape index (κ1) is 15.2. The van der Waals surface area contributed by atoms with Crippen LogP contribution in [0.1, 0.15) is 36.7 Å². The van der Waals surface area contributed by atoms with Gasteiger partial charge in [0.1, 0.15) is 0 Å². The van der Waals surface area contributed by atoms with Crippen molar-refractivity contribution in [2.45, 2.75) is 37.4 Å². The second-order valence-corrected chi connectivity index (χ2v) is 7.28. The first-order valence-electron chi connectivity index (χ1n) is 6.34. The molecule has 0 saturated carbocycles. The Morgan fingerprint density at radius 3 is 2.75 bits per heavy atom. The van der Waals surface area contributed by atoms with E-state index in [1.807, 2.05) is 6.92 Å². The van der Waals surface area contributed by atoms with Crippen molar-refractivity contribution in [2.75, 3.05) is 12.8 Å². The van der Waals surface area contributed by atoms with E-state index in [0.29, 0.717) is 6.54 Å². The molecule has 1 fully saturated rings. The molecule has 1 unspecified atom stereocenters. The van der Waals surface area contributed by atoms with Crippen molar-refractivity contribution in [2.24, 2.45) is 0 Å². The molecule has 0 aliphatic carbocycles. The molecule has 2 heterocycles. The van der Waals surface area contributed by atoms with E-state index in [0.717, 1.165) is 31.7 Å². The van der Waals surface area contributed by atoms with Crippen LogP contribution in [-0.2, 0) is 9.84 Å². The molecule has 0 bridgehead atoms. The van der Waals surface area contributed by atoms with Gasteiger partial charge in [-0.3, -0.25) is 4.79 Å². The number of sulfone groups is 1. The zero-order valence-electron chi connectivity index (χ0n) is 11.3. The normalized spacial score (nSPS) is 19.9. The fraction of sp³-hybridized carbons (Fsp3) is 0.583. The van der Waals surface area contributed by atoms with Gasteiger partial charge in [-0.2, -0.15) is 0 Å². The number of carbonyl (C=O) groups is 1. The quantitative estimate of drug-likeness (QED) is 0.773. The average molecular weight is 318 g/mol. The van der Waals surface area contributed by atoms with Crippen molar-refractivity contribution >= 4 is 27.3 Å². The molecule has 110 valence electrons. The Balaban J connectivity index is 2.38. The number of piperidine rings is 1. The van der Waals surface area contributed by atoms with Crippen LogP contribution in [0.15, 0.2) is 11.4 Å². The summed E-state index contributed by atoms with van der Waals surface area (Å²) < 4.78 is 22.9. The largest absolute Gasteiger partial charge is 0.335 e. The van der Waals surface area contributed by atoms with Crippen molar-refractivity contribution < 1.29 is 13.2 Å². The summed E-state index contributed by atoms with van der Waals surface area (Å²) in [7, 11) is -3.57. The molecule has 6 nitrogen and oxygen atoms in total. The maximum atomic E-state index is 12.5. The number of nitrogens with zero attached hydrogens (tertiary/aromatic N) is 3. The van der Waals surface area contributed by atoms with Crippen LogP contribution < -0.4 is 0 Å². The summed E-state index contributed by atoms with van der Waals surface area (Å²) in [5.74, 6) is -0.338. The third kappa shape index (κ3) is 3.09. The van der Waals surface area contributed by atoms with Gasteiger partial charge in [-0.1, -0.05) is 11.6 Å². The third-order valence-corrected chi connectivity index (χ3v) is 4.46. The summed E-state index contributed by atoms with van der Waals surface area (Å²) in [6.07, 6.45) is 5.09. The Bertz CT molecular complexity index is 633. The fourth-order valence-electron chi connectivity index (χ4n) is 2.22. The summed E-state index contributed by atoms with van der Waals surface area (Å²) >= 11 is 5.94. The number of halogens is 1. The van der Waals surface area contributed by atoms with E-state index < -0.39 is 9.84 Å². The van der Waals surface area contributed by atoms with Crippen molar-refractivity contribution in [1.82, 2.24) is 14.9 Å². The molecule has 0 spiro atoms. The van der Waals surface area contributed by atoms with Gasteiger partial charge in [0.25, 0.3) is 5.91 Å². The number of carbonyl (C=O) groups excluding carboxylic acids is 1. The highest BCUT2D eigenvalue weighted by atomic mass is 35.5. The summed E-state index contributed by atoms with van der Waals surface area (Å²) in [5, 5.41) is -0.310. The minimum Gasteiger partial charge on any atom is -0.335 e. The minimum absolute atomic E-state index is 0.0455. The third-order valence-electron chi connectivity index (χ3n) is 3.32. The zero-order valence-corrected chi connectivity index (χ0v) is 12.9. The van der Waals surface area contributed by atoms with E-state index in [4.69, 9.17) is 11.6 Å². The smallest absolute Gasteiger partial charge is 0.274 e. The Kier molecular flexibility index (Phi) is 4.29. The minimum atomic E-state index is -3.57. The fourth-order valence-corrected chi connectivity index (χ4v) is 2.89. The second kappa shape index (κ2) is 5.65. The Morgan fingerprint density at radius 2 is 2.15 bits per heavy atom. The molecule has 1 aromatic rings. The molecule has 0 N–H and O–H groups in total. The van der Waals surface area contributed by atoms with E-state index in [1.165, 1.54) is 0 Å². The SMILES string of the molecule is CC1CCCCN1C(=O)c1nc(S(C)(=O)=O)ncc1Cl. The van der Waals surface area contributed by atoms with Gasteiger partial charge in [-0.05, 0) is 26.2 Å². The number of rotatable bonds is 2. The number of amides is 1. The molecule has 1 aliphatic heterocycles. The topological polar surface area (TPSA) is 80.2 Å². The van der Waals surface area contributed by atoms with Crippen molar-refractivity contribution in [3.63, 3.8) is 0 Å². The van der Waals surface area contributed by atoms with Gasteiger partial charge in [0.05, 0.1) is 11.2 Å². The Hall–Kier alpha value is -1.21. The lowest BCUT2D eigenvalue weighted by molar-refractivity contribution is 0.0628. The molecule has 1 aliphatic rings. The van der Waals surface area contributed by atoms with Crippen LogP contribution in [0.5, 0.6) is 0 Å². The highest BCUT2D eigenvalue weighted by molar-refractivity contribution is 7.90. The summed E-state index contributed by atoms with van der Waals surface area (Å²) in [6.45, 7) is 2.60. The second-order valence-electron chi connectivity index (χ2n) is 4.96. The van der Waals surface area contributed by atoms with Gasteiger partial charge in [0, 0.05) is 18.8 Å². The van der Waals surface area contributed by atoms with Crippen molar-refractivity contribution in [3.8, 4) is 0 Å². The molecular formula is C12H16ClN3O3S. The summed E-state index contributed by atoms with van der Waals surface area (Å²) in [5.41, 5.74) is -0.0455. The zero-order chi connectivity index (χ0) is 14.9. The van der Waals surface area contributed by atoms with Crippen LogP contribution in [-0.4, -0.2) is 48.0 Å². The number of aromatic nitrogens is 2. The van der Waals surface area contributed by atoms with Gasteiger partial charge in [0.15, 0.2) is 5.69 Å². The number of hydrogen-bond acceptors (Lipinski definition) is 5. The van der Waals surface area contributed by atoms with Gasteiger partial charge in [-0.15, -0.1) is 0 Å². The lowest BCUT2D eigenvalue weighted by Crippen LogP contribution is -2.42. The molecule has 1 amide bonds. The molecule has 1 aromatic heterocycles. The lowest BCUT2D eigenvalue weighted by atomic mass is 10.0. The van der Waals surface area contributed by atoms with E-state index in [1.54, 1.807) is 4.90 Å². The molecule has 1 atom stereocenters. The van der Waals surface area contributed by atoms with Crippen LogP contribution in [0, 0.1) is 0 Å². The first-order chi connectivity index (χ1) is 9.30. The molecule has 0 radical (unpaired) electrons.